The lowest BCUT2D eigenvalue weighted by Gasteiger charge is -2.37. The molecule has 1 unspecified atom stereocenters. The number of benzene rings is 3. The van der Waals surface area contributed by atoms with Crippen molar-refractivity contribution in [3.05, 3.63) is 101 Å². The maximum Gasteiger partial charge on any atom is 0.226 e. The van der Waals surface area contributed by atoms with Gasteiger partial charge in [-0.1, -0.05) is 72.3 Å². The number of piperazine rings is 1. The van der Waals surface area contributed by atoms with E-state index in [9.17, 15) is 9.59 Å². The second-order valence-corrected chi connectivity index (χ2v) is 10.4. The monoisotopic (exact) mass is 529 g/mol. The summed E-state index contributed by atoms with van der Waals surface area (Å²) in [5.74, 6) is -1.92. The zero-order chi connectivity index (χ0) is 26.5. The third-order valence-electron chi connectivity index (χ3n) is 7.42. The summed E-state index contributed by atoms with van der Waals surface area (Å²) in [5.41, 5.74) is 8.71. The van der Waals surface area contributed by atoms with E-state index in [0.717, 1.165) is 17.7 Å². The standard InChI is InChI=1S/C30H32ClN5O2/c31-28-8-4-3-7-23(28)15-27(26(29(32)37)16-24-17-33-19-35-24)30(38)36-12-11-34-25(18-36)14-20-9-10-21-5-1-2-6-22(21)13-20/h1-10,13,17,19,25-27,34H,11-12,14-16,18H2,(H2,32,37)(H,33,35)/t25-,26?,27-/m1/s1. The molecule has 1 aliphatic rings. The summed E-state index contributed by atoms with van der Waals surface area (Å²) in [7, 11) is 0. The average Bonchev–Trinajstić information content (AvgIpc) is 3.45. The molecule has 1 saturated heterocycles. The highest BCUT2D eigenvalue weighted by atomic mass is 35.5. The number of rotatable bonds is 9. The fourth-order valence-electron chi connectivity index (χ4n) is 5.42. The van der Waals surface area contributed by atoms with Gasteiger partial charge in [-0.05, 0) is 40.8 Å². The SMILES string of the molecule is NC(=O)C(Cc1cnc[nH]1)[C@@H](Cc1ccccc1Cl)C(=O)N1CCN[C@H](Cc2ccc3ccccc3c2)C1. The number of fused-ring (bicyclic) bond motifs is 1. The van der Waals surface area contributed by atoms with Crippen molar-refractivity contribution in [2.24, 2.45) is 17.6 Å². The van der Waals surface area contributed by atoms with E-state index >= 15 is 0 Å². The summed E-state index contributed by atoms with van der Waals surface area (Å²) in [6.45, 7) is 1.81. The molecule has 2 amide bonds. The molecule has 0 spiro atoms. The predicted octanol–water partition coefficient (Wildman–Crippen LogP) is 3.76. The summed E-state index contributed by atoms with van der Waals surface area (Å²) in [6.07, 6.45) is 4.67. The summed E-state index contributed by atoms with van der Waals surface area (Å²) in [4.78, 5) is 35.8. The Hall–Kier alpha value is -3.68. The predicted molar refractivity (Wildman–Crippen MR) is 150 cm³/mol. The molecule has 8 heteroatoms. The van der Waals surface area contributed by atoms with Gasteiger partial charge in [0.15, 0.2) is 0 Å². The van der Waals surface area contributed by atoms with Crippen molar-refractivity contribution in [3.8, 4) is 0 Å². The summed E-state index contributed by atoms with van der Waals surface area (Å²) >= 11 is 6.47. The Balaban J connectivity index is 1.36. The number of nitrogens with zero attached hydrogens (tertiary/aromatic N) is 2. The van der Waals surface area contributed by atoms with Gasteiger partial charge < -0.3 is 20.9 Å². The number of aromatic nitrogens is 2. The first-order valence-electron chi connectivity index (χ1n) is 13.0. The molecule has 2 heterocycles. The third-order valence-corrected chi connectivity index (χ3v) is 7.79. The largest absolute Gasteiger partial charge is 0.369 e. The smallest absolute Gasteiger partial charge is 0.226 e. The summed E-state index contributed by atoms with van der Waals surface area (Å²) in [5, 5.41) is 6.56. The number of hydrogen-bond acceptors (Lipinski definition) is 4. The number of primary amides is 1. The van der Waals surface area contributed by atoms with Crippen LogP contribution in [-0.4, -0.2) is 52.4 Å². The maximum absolute atomic E-state index is 14.1. The van der Waals surface area contributed by atoms with E-state index in [0.29, 0.717) is 37.5 Å². The fourth-order valence-corrected chi connectivity index (χ4v) is 5.64. The van der Waals surface area contributed by atoms with E-state index in [1.807, 2.05) is 35.2 Å². The van der Waals surface area contributed by atoms with Crippen LogP contribution in [0.4, 0.5) is 0 Å². The topological polar surface area (TPSA) is 104 Å². The van der Waals surface area contributed by atoms with Gasteiger partial charge in [0.05, 0.1) is 18.2 Å². The molecule has 38 heavy (non-hydrogen) atoms. The number of carbonyl (C=O) groups excluding carboxylic acids is 2. The van der Waals surface area contributed by atoms with E-state index in [1.165, 1.54) is 16.3 Å². The molecule has 3 aromatic carbocycles. The van der Waals surface area contributed by atoms with Crippen LogP contribution in [0.1, 0.15) is 16.8 Å². The summed E-state index contributed by atoms with van der Waals surface area (Å²) < 4.78 is 0. The van der Waals surface area contributed by atoms with Crippen molar-refractivity contribution in [2.75, 3.05) is 19.6 Å². The zero-order valence-corrected chi connectivity index (χ0v) is 21.9. The molecule has 7 nitrogen and oxygen atoms in total. The first-order chi connectivity index (χ1) is 18.5. The van der Waals surface area contributed by atoms with E-state index < -0.39 is 17.7 Å². The van der Waals surface area contributed by atoms with Crippen LogP contribution in [0.5, 0.6) is 0 Å². The molecule has 1 aromatic heterocycles. The van der Waals surface area contributed by atoms with Crippen molar-refractivity contribution >= 4 is 34.2 Å². The Morgan fingerprint density at radius 2 is 1.82 bits per heavy atom. The van der Waals surface area contributed by atoms with E-state index in [4.69, 9.17) is 17.3 Å². The van der Waals surface area contributed by atoms with Crippen molar-refractivity contribution in [1.82, 2.24) is 20.2 Å². The first kappa shape index (κ1) is 25.9. The van der Waals surface area contributed by atoms with Gasteiger partial charge in [-0.3, -0.25) is 9.59 Å². The van der Waals surface area contributed by atoms with Gasteiger partial charge in [-0.25, -0.2) is 4.98 Å². The Morgan fingerprint density at radius 1 is 1.03 bits per heavy atom. The highest BCUT2D eigenvalue weighted by Crippen LogP contribution is 2.28. The van der Waals surface area contributed by atoms with Crippen molar-refractivity contribution < 1.29 is 9.59 Å². The fraction of sp³-hybridized carbons (Fsp3) is 0.300. The Bertz CT molecular complexity index is 1410. The van der Waals surface area contributed by atoms with Crippen molar-refractivity contribution in [1.29, 1.82) is 0 Å². The van der Waals surface area contributed by atoms with E-state index in [-0.39, 0.29) is 11.9 Å². The molecule has 1 fully saturated rings. The molecule has 5 rings (SSSR count). The van der Waals surface area contributed by atoms with Gasteiger partial charge in [0.25, 0.3) is 0 Å². The minimum absolute atomic E-state index is 0.0711. The lowest BCUT2D eigenvalue weighted by atomic mass is 9.82. The van der Waals surface area contributed by atoms with Gasteiger partial charge in [0, 0.05) is 49.0 Å². The second-order valence-electron chi connectivity index (χ2n) is 10.0. The Morgan fingerprint density at radius 3 is 2.58 bits per heavy atom. The van der Waals surface area contributed by atoms with Crippen LogP contribution < -0.4 is 11.1 Å². The Kier molecular flexibility index (Phi) is 8.05. The lowest BCUT2D eigenvalue weighted by Crippen LogP contribution is -2.56. The minimum atomic E-state index is -0.701. The molecule has 3 atom stereocenters. The number of H-pyrrole nitrogens is 1. The van der Waals surface area contributed by atoms with Crippen molar-refractivity contribution in [3.63, 3.8) is 0 Å². The number of imidazole rings is 1. The van der Waals surface area contributed by atoms with Crippen molar-refractivity contribution in [2.45, 2.75) is 25.3 Å². The molecule has 1 aliphatic heterocycles. The second kappa shape index (κ2) is 11.8. The molecule has 4 N–H and O–H groups in total. The quantitative estimate of drug-likeness (QED) is 0.307. The molecular formula is C30H32ClN5O2. The van der Waals surface area contributed by atoms with Gasteiger partial charge in [-0.15, -0.1) is 0 Å². The number of hydrogen-bond donors (Lipinski definition) is 3. The number of aromatic amines is 1. The van der Waals surface area contributed by atoms with Crippen LogP contribution in [0.25, 0.3) is 10.8 Å². The molecule has 0 bridgehead atoms. The first-order valence-corrected chi connectivity index (χ1v) is 13.4. The average molecular weight is 530 g/mol. The molecule has 0 saturated carbocycles. The van der Waals surface area contributed by atoms with E-state index in [1.54, 1.807) is 18.6 Å². The Labute approximate surface area is 227 Å². The van der Waals surface area contributed by atoms with Crippen LogP contribution in [-0.2, 0) is 28.9 Å². The third kappa shape index (κ3) is 6.06. The van der Waals surface area contributed by atoms with Crippen LogP contribution in [0.15, 0.2) is 79.3 Å². The molecule has 0 aliphatic carbocycles. The molecule has 4 aromatic rings. The van der Waals surface area contributed by atoms with Gasteiger partial charge in [-0.2, -0.15) is 0 Å². The number of carbonyl (C=O) groups is 2. The normalized spacial score (nSPS) is 17.3. The van der Waals surface area contributed by atoms with Crippen LogP contribution in [0.3, 0.4) is 0 Å². The van der Waals surface area contributed by atoms with Crippen LogP contribution in [0, 0.1) is 11.8 Å². The lowest BCUT2D eigenvalue weighted by molar-refractivity contribution is -0.142. The van der Waals surface area contributed by atoms with Gasteiger partial charge in [0.1, 0.15) is 0 Å². The zero-order valence-electron chi connectivity index (χ0n) is 21.1. The number of amides is 2. The highest BCUT2D eigenvalue weighted by Gasteiger charge is 2.37. The maximum atomic E-state index is 14.1. The molecular weight excluding hydrogens is 498 g/mol. The van der Waals surface area contributed by atoms with E-state index in [2.05, 4.69) is 45.6 Å². The number of nitrogens with one attached hydrogen (secondary N) is 2. The highest BCUT2D eigenvalue weighted by molar-refractivity contribution is 6.31. The number of nitrogens with two attached hydrogens (primary N) is 1. The molecule has 0 radical (unpaired) electrons. The number of halogens is 1. The van der Waals surface area contributed by atoms with Gasteiger partial charge >= 0.3 is 0 Å². The van der Waals surface area contributed by atoms with Crippen LogP contribution >= 0.6 is 11.6 Å². The summed E-state index contributed by atoms with van der Waals surface area (Å²) in [6, 6.07) is 22.4. The van der Waals surface area contributed by atoms with Crippen LogP contribution in [0.2, 0.25) is 5.02 Å². The van der Waals surface area contributed by atoms with Gasteiger partial charge in [0.2, 0.25) is 11.8 Å². The molecule has 196 valence electrons. The minimum Gasteiger partial charge on any atom is -0.369 e.